The van der Waals surface area contributed by atoms with Crippen LogP contribution in [0.5, 0.6) is 0 Å². The van der Waals surface area contributed by atoms with Crippen LogP contribution in [0.4, 0.5) is 10.1 Å². The first-order valence-corrected chi connectivity index (χ1v) is 5.94. The average molecular weight is 282 g/mol. The van der Waals surface area contributed by atoms with Gasteiger partial charge >= 0.3 is 0 Å². The first-order valence-electron chi connectivity index (χ1n) is 5.18. The van der Waals surface area contributed by atoms with Crippen molar-refractivity contribution < 1.29 is 14.2 Å². The molecule has 0 aliphatic rings. The molecule has 1 rings (SSSR count). The molecule has 96 valence electrons. The van der Waals surface area contributed by atoms with Gasteiger partial charge in [-0.3, -0.25) is 0 Å². The Labute approximate surface area is 109 Å². The van der Waals surface area contributed by atoms with E-state index in [0.29, 0.717) is 12.3 Å². The number of benzene rings is 1. The SMILES string of the molecule is CCOCC(O)CNc1cc(Cl)c(F)c(Cl)c1. The summed E-state index contributed by atoms with van der Waals surface area (Å²) in [5, 5.41) is 12.3. The fraction of sp³-hybridized carbons (Fsp3) is 0.455. The van der Waals surface area contributed by atoms with Crippen LogP contribution in [0.15, 0.2) is 12.1 Å². The van der Waals surface area contributed by atoms with Gasteiger partial charge in [-0.1, -0.05) is 23.2 Å². The second kappa shape index (κ2) is 7.01. The number of halogens is 3. The quantitative estimate of drug-likeness (QED) is 0.788. The van der Waals surface area contributed by atoms with Crippen LogP contribution >= 0.6 is 23.2 Å². The molecule has 1 atom stereocenters. The topological polar surface area (TPSA) is 41.5 Å². The van der Waals surface area contributed by atoms with Crippen LogP contribution in [0.25, 0.3) is 0 Å². The summed E-state index contributed by atoms with van der Waals surface area (Å²) in [6.07, 6.45) is -0.641. The molecule has 0 radical (unpaired) electrons. The minimum atomic E-state index is -0.645. The van der Waals surface area contributed by atoms with E-state index in [1.165, 1.54) is 12.1 Å². The van der Waals surface area contributed by atoms with Gasteiger partial charge < -0.3 is 15.2 Å². The Morgan fingerprint density at radius 3 is 2.53 bits per heavy atom. The predicted octanol–water partition coefficient (Wildman–Crippen LogP) is 2.94. The lowest BCUT2D eigenvalue weighted by Gasteiger charge is -2.13. The van der Waals surface area contributed by atoms with Crippen LogP contribution in [0.3, 0.4) is 0 Å². The van der Waals surface area contributed by atoms with Gasteiger partial charge in [0.15, 0.2) is 5.82 Å². The van der Waals surface area contributed by atoms with Gasteiger partial charge in [-0.05, 0) is 19.1 Å². The van der Waals surface area contributed by atoms with Gasteiger partial charge in [-0.15, -0.1) is 0 Å². The average Bonchev–Trinajstić information content (AvgIpc) is 2.30. The zero-order valence-corrected chi connectivity index (χ0v) is 10.9. The monoisotopic (exact) mass is 281 g/mol. The fourth-order valence-corrected chi connectivity index (χ4v) is 1.69. The third-order valence-electron chi connectivity index (χ3n) is 2.04. The van der Waals surface area contributed by atoms with E-state index in [4.69, 9.17) is 27.9 Å². The second-order valence-electron chi connectivity index (χ2n) is 3.45. The summed E-state index contributed by atoms with van der Waals surface area (Å²) in [5.74, 6) is -0.645. The molecule has 0 amide bonds. The molecular formula is C11H14Cl2FNO2. The van der Waals surface area contributed by atoms with E-state index in [9.17, 15) is 9.50 Å². The standard InChI is InChI=1S/C11H14Cl2FNO2/c1-2-17-6-8(16)5-15-7-3-9(12)11(14)10(13)4-7/h3-4,8,15-16H,2,5-6H2,1H3. The second-order valence-corrected chi connectivity index (χ2v) is 4.26. The molecule has 0 saturated heterocycles. The highest BCUT2D eigenvalue weighted by atomic mass is 35.5. The highest BCUT2D eigenvalue weighted by Crippen LogP contribution is 2.27. The third-order valence-corrected chi connectivity index (χ3v) is 2.59. The molecular weight excluding hydrogens is 268 g/mol. The van der Waals surface area contributed by atoms with Gasteiger partial charge in [0.25, 0.3) is 0 Å². The Morgan fingerprint density at radius 2 is 2.00 bits per heavy atom. The van der Waals surface area contributed by atoms with Crippen LogP contribution in [0.1, 0.15) is 6.92 Å². The molecule has 0 bridgehead atoms. The summed E-state index contributed by atoms with van der Waals surface area (Å²) in [7, 11) is 0. The molecule has 2 N–H and O–H groups in total. The molecule has 1 aromatic rings. The van der Waals surface area contributed by atoms with Crippen molar-refractivity contribution in [3.05, 3.63) is 28.0 Å². The third kappa shape index (κ3) is 4.68. The zero-order chi connectivity index (χ0) is 12.8. The summed E-state index contributed by atoms with van der Waals surface area (Å²) in [5.41, 5.74) is 0.553. The highest BCUT2D eigenvalue weighted by molar-refractivity contribution is 6.35. The summed E-state index contributed by atoms with van der Waals surface area (Å²) >= 11 is 11.3. The number of hydrogen-bond acceptors (Lipinski definition) is 3. The van der Waals surface area contributed by atoms with Gasteiger partial charge in [0, 0.05) is 18.8 Å². The van der Waals surface area contributed by atoms with Crippen LogP contribution in [0.2, 0.25) is 10.0 Å². The maximum Gasteiger partial charge on any atom is 0.160 e. The highest BCUT2D eigenvalue weighted by Gasteiger charge is 2.09. The number of aliphatic hydroxyl groups is 1. The molecule has 3 nitrogen and oxygen atoms in total. The van der Waals surface area contributed by atoms with Crippen molar-refractivity contribution in [2.24, 2.45) is 0 Å². The minimum absolute atomic E-state index is 0.0562. The first kappa shape index (κ1) is 14.5. The number of anilines is 1. The molecule has 0 heterocycles. The first-order chi connectivity index (χ1) is 8.04. The molecule has 6 heteroatoms. The van der Waals surface area contributed by atoms with E-state index in [0.717, 1.165) is 0 Å². The number of aliphatic hydroxyl groups excluding tert-OH is 1. The van der Waals surface area contributed by atoms with Crippen LogP contribution in [-0.4, -0.2) is 31.0 Å². The van der Waals surface area contributed by atoms with E-state index >= 15 is 0 Å². The fourth-order valence-electron chi connectivity index (χ4n) is 1.21. The van der Waals surface area contributed by atoms with Gasteiger partial charge in [0.2, 0.25) is 0 Å². The predicted molar refractivity (Wildman–Crippen MR) is 67.4 cm³/mol. The van der Waals surface area contributed by atoms with Crippen molar-refractivity contribution in [2.45, 2.75) is 13.0 Å². The van der Waals surface area contributed by atoms with Crippen LogP contribution in [0, 0.1) is 5.82 Å². The molecule has 0 saturated carbocycles. The number of rotatable bonds is 6. The molecule has 0 fully saturated rings. The van der Waals surface area contributed by atoms with E-state index in [2.05, 4.69) is 5.32 Å². The van der Waals surface area contributed by atoms with E-state index in [-0.39, 0.29) is 23.2 Å². The largest absolute Gasteiger partial charge is 0.389 e. The smallest absolute Gasteiger partial charge is 0.160 e. The van der Waals surface area contributed by atoms with Gasteiger partial charge in [0.1, 0.15) is 0 Å². The molecule has 0 aromatic heterocycles. The molecule has 17 heavy (non-hydrogen) atoms. The molecule has 0 aliphatic heterocycles. The van der Waals surface area contributed by atoms with E-state index in [1.807, 2.05) is 6.92 Å². The lowest BCUT2D eigenvalue weighted by atomic mass is 10.3. The number of ether oxygens (including phenoxy) is 1. The Bertz CT molecular complexity index is 353. The van der Waals surface area contributed by atoms with Crippen molar-refractivity contribution in [3.8, 4) is 0 Å². The summed E-state index contributed by atoms with van der Waals surface area (Å²) in [6, 6.07) is 2.83. The van der Waals surface area contributed by atoms with Crippen molar-refractivity contribution >= 4 is 28.9 Å². The van der Waals surface area contributed by atoms with Crippen molar-refractivity contribution in [3.63, 3.8) is 0 Å². The summed E-state index contributed by atoms with van der Waals surface area (Å²) in [6.45, 7) is 2.91. The lowest BCUT2D eigenvalue weighted by Crippen LogP contribution is -2.24. The van der Waals surface area contributed by atoms with Gasteiger partial charge in [0.05, 0.1) is 22.8 Å². The van der Waals surface area contributed by atoms with E-state index in [1.54, 1.807) is 0 Å². The minimum Gasteiger partial charge on any atom is -0.389 e. The zero-order valence-electron chi connectivity index (χ0n) is 9.34. The summed E-state index contributed by atoms with van der Waals surface area (Å²) < 4.78 is 18.2. The lowest BCUT2D eigenvalue weighted by molar-refractivity contribution is 0.0496. The van der Waals surface area contributed by atoms with Crippen LogP contribution < -0.4 is 5.32 Å². The van der Waals surface area contributed by atoms with Crippen LogP contribution in [-0.2, 0) is 4.74 Å². The Morgan fingerprint density at radius 1 is 1.41 bits per heavy atom. The maximum atomic E-state index is 13.1. The normalized spacial score (nSPS) is 12.5. The Balaban J connectivity index is 2.52. The molecule has 0 spiro atoms. The number of hydrogen-bond donors (Lipinski definition) is 2. The molecule has 0 aliphatic carbocycles. The number of nitrogens with one attached hydrogen (secondary N) is 1. The Kier molecular flexibility index (Phi) is 5.98. The van der Waals surface area contributed by atoms with Gasteiger partial charge in [-0.2, -0.15) is 0 Å². The molecule has 1 aromatic carbocycles. The summed E-state index contributed by atoms with van der Waals surface area (Å²) in [4.78, 5) is 0. The Hall–Kier alpha value is -0.550. The van der Waals surface area contributed by atoms with Gasteiger partial charge in [-0.25, -0.2) is 4.39 Å². The van der Waals surface area contributed by atoms with E-state index < -0.39 is 11.9 Å². The van der Waals surface area contributed by atoms with Crippen molar-refractivity contribution in [2.75, 3.05) is 25.1 Å². The molecule has 1 unspecified atom stereocenters. The van der Waals surface area contributed by atoms with Crippen molar-refractivity contribution in [1.29, 1.82) is 0 Å². The van der Waals surface area contributed by atoms with Crippen molar-refractivity contribution in [1.82, 2.24) is 0 Å². The maximum absolute atomic E-state index is 13.1.